The molecule has 3 aromatic rings. The number of hydrogen-bond donors (Lipinski definition) is 0. The van der Waals surface area contributed by atoms with Gasteiger partial charge < -0.3 is 14.5 Å². The lowest BCUT2D eigenvalue weighted by atomic mass is 10.1. The van der Waals surface area contributed by atoms with Crippen LogP contribution in [0.3, 0.4) is 0 Å². The smallest absolute Gasteiger partial charge is 0.152 e. The number of anilines is 2. The molecule has 2 aromatic heterocycles. The van der Waals surface area contributed by atoms with Crippen LogP contribution in [0.4, 0.5) is 20.3 Å². The quantitative estimate of drug-likeness (QED) is 0.721. The summed E-state index contributed by atoms with van der Waals surface area (Å²) in [5.74, 6) is 0.397. The summed E-state index contributed by atoms with van der Waals surface area (Å²) in [5.41, 5.74) is 0.993. The number of hydrogen-bond acceptors (Lipinski definition) is 5. The molecule has 1 aliphatic heterocycles. The molecule has 0 saturated carbocycles. The van der Waals surface area contributed by atoms with Crippen molar-refractivity contribution in [3.8, 4) is 5.75 Å². The molecule has 0 N–H and O–H groups in total. The summed E-state index contributed by atoms with van der Waals surface area (Å²) >= 11 is 0. The highest BCUT2D eigenvalue weighted by Crippen LogP contribution is 2.29. The molecule has 1 fully saturated rings. The van der Waals surface area contributed by atoms with Crippen molar-refractivity contribution in [2.24, 2.45) is 0 Å². The van der Waals surface area contributed by atoms with Crippen molar-refractivity contribution in [1.29, 1.82) is 0 Å². The fourth-order valence-corrected chi connectivity index (χ4v) is 3.32. The van der Waals surface area contributed by atoms with Gasteiger partial charge in [-0.3, -0.25) is 4.98 Å². The van der Waals surface area contributed by atoms with E-state index >= 15 is 0 Å². The third-order valence-electron chi connectivity index (χ3n) is 4.64. The molecule has 1 aliphatic rings. The Kier molecular flexibility index (Phi) is 4.28. The van der Waals surface area contributed by atoms with Gasteiger partial charge in [-0.25, -0.2) is 13.8 Å². The summed E-state index contributed by atoms with van der Waals surface area (Å²) in [5, 5.41) is 0.498. The van der Waals surface area contributed by atoms with Crippen molar-refractivity contribution in [1.82, 2.24) is 9.97 Å². The second kappa shape index (κ2) is 6.74. The molecule has 0 atom stereocenters. The molecule has 0 aliphatic carbocycles. The predicted molar refractivity (Wildman–Crippen MR) is 96.9 cm³/mol. The van der Waals surface area contributed by atoms with Crippen molar-refractivity contribution in [3.05, 3.63) is 54.4 Å². The van der Waals surface area contributed by atoms with Crippen LogP contribution >= 0.6 is 0 Å². The van der Waals surface area contributed by atoms with Crippen molar-refractivity contribution in [2.75, 3.05) is 43.1 Å². The lowest BCUT2D eigenvalue weighted by Gasteiger charge is -2.37. The van der Waals surface area contributed by atoms with Gasteiger partial charge in [-0.1, -0.05) is 0 Å². The van der Waals surface area contributed by atoms with Crippen LogP contribution in [0.1, 0.15) is 0 Å². The standard InChI is InChI=1S/C19H18F2N4O/c1-26-14-2-4-22-18(12-14)25-8-6-24(7-9-25)17-3-5-23-19-15(17)10-13(20)11-16(19)21/h2-5,10-12H,6-9H2,1H3. The van der Waals surface area contributed by atoms with Crippen LogP contribution in [0.25, 0.3) is 10.9 Å². The maximum absolute atomic E-state index is 14.0. The molecule has 3 heterocycles. The molecule has 1 saturated heterocycles. The van der Waals surface area contributed by atoms with Crippen molar-refractivity contribution in [2.45, 2.75) is 0 Å². The molecule has 4 rings (SSSR count). The van der Waals surface area contributed by atoms with E-state index in [1.54, 1.807) is 25.6 Å². The Morgan fingerprint density at radius 3 is 2.42 bits per heavy atom. The van der Waals surface area contributed by atoms with Gasteiger partial charge in [0.2, 0.25) is 0 Å². The minimum absolute atomic E-state index is 0.195. The average molecular weight is 356 g/mol. The van der Waals surface area contributed by atoms with Crippen LogP contribution in [0.5, 0.6) is 5.75 Å². The van der Waals surface area contributed by atoms with Crippen LogP contribution in [0, 0.1) is 11.6 Å². The summed E-state index contributed by atoms with van der Waals surface area (Å²) in [6, 6.07) is 7.73. The number of nitrogens with zero attached hydrogens (tertiary/aromatic N) is 4. The molecule has 0 bridgehead atoms. The fourth-order valence-electron chi connectivity index (χ4n) is 3.32. The molecular weight excluding hydrogens is 338 g/mol. The predicted octanol–water partition coefficient (Wildman–Crippen LogP) is 3.24. The van der Waals surface area contributed by atoms with Gasteiger partial charge in [-0.15, -0.1) is 0 Å². The van der Waals surface area contributed by atoms with Gasteiger partial charge in [-0.05, 0) is 18.2 Å². The Morgan fingerprint density at radius 1 is 0.923 bits per heavy atom. The molecule has 0 unspecified atom stereocenters. The summed E-state index contributed by atoms with van der Waals surface area (Å²) in [4.78, 5) is 12.8. The maximum atomic E-state index is 14.0. The van der Waals surface area contributed by atoms with E-state index in [9.17, 15) is 8.78 Å². The zero-order valence-corrected chi connectivity index (χ0v) is 14.3. The minimum atomic E-state index is -0.638. The Labute approximate surface area is 149 Å². The number of halogens is 2. The zero-order chi connectivity index (χ0) is 18.1. The first-order valence-electron chi connectivity index (χ1n) is 8.39. The SMILES string of the molecule is COc1ccnc(N2CCN(c3ccnc4c(F)cc(F)cc34)CC2)c1. The average Bonchev–Trinajstić information content (AvgIpc) is 2.68. The third-order valence-corrected chi connectivity index (χ3v) is 4.64. The second-order valence-corrected chi connectivity index (χ2v) is 6.14. The third kappa shape index (κ3) is 3.00. The van der Waals surface area contributed by atoms with E-state index in [0.29, 0.717) is 5.39 Å². The Balaban J connectivity index is 1.58. The highest BCUT2D eigenvalue weighted by molar-refractivity contribution is 5.92. The number of rotatable bonds is 3. The number of aromatic nitrogens is 2. The van der Waals surface area contributed by atoms with Crippen LogP contribution in [0.15, 0.2) is 42.7 Å². The van der Waals surface area contributed by atoms with Gasteiger partial charge in [0.25, 0.3) is 0 Å². The number of ether oxygens (including phenoxy) is 1. The minimum Gasteiger partial charge on any atom is -0.497 e. The van der Waals surface area contributed by atoms with Gasteiger partial charge in [-0.2, -0.15) is 0 Å². The van der Waals surface area contributed by atoms with Gasteiger partial charge >= 0.3 is 0 Å². The van der Waals surface area contributed by atoms with Crippen LogP contribution < -0.4 is 14.5 Å². The summed E-state index contributed by atoms with van der Waals surface area (Å²) in [6.45, 7) is 2.94. The number of methoxy groups -OCH3 is 1. The molecule has 0 radical (unpaired) electrons. The van der Waals surface area contributed by atoms with Crippen molar-refractivity contribution < 1.29 is 13.5 Å². The summed E-state index contributed by atoms with van der Waals surface area (Å²) < 4.78 is 32.9. The Hall–Kier alpha value is -2.96. The fraction of sp³-hybridized carbons (Fsp3) is 0.263. The monoisotopic (exact) mass is 356 g/mol. The van der Waals surface area contributed by atoms with Gasteiger partial charge in [0, 0.05) is 61.8 Å². The normalized spacial score (nSPS) is 14.7. The van der Waals surface area contributed by atoms with Gasteiger partial charge in [0.15, 0.2) is 5.82 Å². The summed E-state index contributed by atoms with van der Waals surface area (Å²) in [7, 11) is 1.63. The van der Waals surface area contributed by atoms with Crippen molar-refractivity contribution in [3.63, 3.8) is 0 Å². The Bertz CT molecular complexity index is 942. The Morgan fingerprint density at radius 2 is 1.65 bits per heavy atom. The highest BCUT2D eigenvalue weighted by atomic mass is 19.1. The first kappa shape index (κ1) is 16.5. The van der Waals surface area contributed by atoms with E-state index in [2.05, 4.69) is 19.8 Å². The van der Waals surface area contributed by atoms with E-state index in [1.165, 1.54) is 6.07 Å². The largest absolute Gasteiger partial charge is 0.497 e. The molecule has 7 heteroatoms. The topological polar surface area (TPSA) is 41.5 Å². The lowest BCUT2D eigenvalue weighted by Crippen LogP contribution is -2.46. The zero-order valence-electron chi connectivity index (χ0n) is 14.3. The first-order valence-corrected chi connectivity index (χ1v) is 8.39. The van der Waals surface area contributed by atoms with Gasteiger partial charge in [0.1, 0.15) is 22.9 Å². The van der Waals surface area contributed by atoms with Crippen LogP contribution in [0.2, 0.25) is 0 Å². The molecule has 26 heavy (non-hydrogen) atoms. The molecular formula is C19H18F2N4O. The molecule has 1 aromatic carbocycles. The lowest BCUT2D eigenvalue weighted by molar-refractivity contribution is 0.414. The number of piperazine rings is 1. The van der Waals surface area contributed by atoms with Crippen molar-refractivity contribution >= 4 is 22.4 Å². The molecule has 0 amide bonds. The van der Waals surface area contributed by atoms with E-state index in [0.717, 1.165) is 49.5 Å². The highest BCUT2D eigenvalue weighted by Gasteiger charge is 2.21. The molecule has 0 spiro atoms. The van der Waals surface area contributed by atoms with E-state index < -0.39 is 11.6 Å². The van der Waals surface area contributed by atoms with Crippen LogP contribution in [-0.2, 0) is 0 Å². The van der Waals surface area contributed by atoms with E-state index in [-0.39, 0.29) is 5.52 Å². The van der Waals surface area contributed by atoms with E-state index in [4.69, 9.17) is 4.74 Å². The maximum Gasteiger partial charge on any atom is 0.152 e. The molecule has 134 valence electrons. The number of pyridine rings is 2. The first-order chi connectivity index (χ1) is 12.7. The number of fused-ring (bicyclic) bond motifs is 1. The van der Waals surface area contributed by atoms with Gasteiger partial charge in [0.05, 0.1) is 7.11 Å². The molecule has 5 nitrogen and oxygen atoms in total. The number of benzene rings is 1. The van der Waals surface area contributed by atoms with E-state index in [1.807, 2.05) is 12.1 Å². The van der Waals surface area contributed by atoms with Crippen LogP contribution in [-0.4, -0.2) is 43.3 Å². The summed E-state index contributed by atoms with van der Waals surface area (Å²) in [6.07, 6.45) is 3.29. The second-order valence-electron chi connectivity index (χ2n) is 6.14.